The smallest absolute Gasteiger partial charge is 0.313 e. The third-order valence-electron chi connectivity index (χ3n) is 4.43. The molecule has 1 aliphatic heterocycles. The number of carboxylic acid groups (broad SMARTS) is 1. The number of amidine groups is 1. The number of rotatable bonds is 12. The molecule has 0 aromatic heterocycles. The van der Waals surface area contributed by atoms with Crippen molar-refractivity contribution in [3.63, 3.8) is 0 Å². The second-order valence-electron chi connectivity index (χ2n) is 6.78. The van der Waals surface area contributed by atoms with Gasteiger partial charge in [0.2, 0.25) is 0 Å². The maximum atomic E-state index is 13.1. The number of hydrazine groups is 2. The number of hydroxylamine groups is 1. The first kappa shape index (κ1) is 24.4. The second kappa shape index (κ2) is 11.5. The van der Waals surface area contributed by atoms with Crippen molar-refractivity contribution in [3.05, 3.63) is 60.0 Å². The van der Waals surface area contributed by atoms with Crippen LogP contribution in [0.2, 0.25) is 0 Å². The van der Waals surface area contributed by atoms with Gasteiger partial charge in [0.05, 0.1) is 18.8 Å². The van der Waals surface area contributed by atoms with Crippen LogP contribution in [0.1, 0.15) is 17.9 Å². The minimum Gasteiger partial charge on any atom is -0.481 e. The number of aliphatic hydroxyl groups is 2. The highest BCUT2D eigenvalue weighted by atomic mass is 19.1. The SMILES string of the molecule is C=C(C=CC(O)CC(O)C(C(=O)O)c1ccc(F)cc1)C1=NNN(C)N1OCCOC. The predicted molar refractivity (Wildman–Crippen MR) is 110 cm³/mol. The molecular formula is C20H27FN4O6. The van der Waals surface area contributed by atoms with Crippen molar-refractivity contribution < 1.29 is 34.1 Å². The molecule has 11 heteroatoms. The first-order valence-corrected chi connectivity index (χ1v) is 9.45. The summed E-state index contributed by atoms with van der Waals surface area (Å²) in [6, 6.07) is 4.82. The Morgan fingerprint density at radius 3 is 2.61 bits per heavy atom. The van der Waals surface area contributed by atoms with Crippen molar-refractivity contribution >= 4 is 11.8 Å². The minimum absolute atomic E-state index is 0.236. The molecule has 0 amide bonds. The Bertz CT molecular complexity index is 816. The summed E-state index contributed by atoms with van der Waals surface area (Å²) in [4.78, 5) is 17.1. The lowest BCUT2D eigenvalue weighted by atomic mass is 9.90. The zero-order valence-electron chi connectivity index (χ0n) is 17.3. The van der Waals surface area contributed by atoms with Gasteiger partial charge >= 0.3 is 5.97 Å². The summed E-state index contributed by atoms with van der Waals surface area (Å²) in [6.45, 7) is 4.52. The van der Waals surface area contributed by atoms with Gasteiger partial charge < -0.3 is 20.1 Å². The van der Waals surface area contributed by atoms with Gasteiger partial charge in [-0.25, -0.2) is 9.93 Å². The van der Waals surface area contributed by atoms with Crippen LogP contribution < -0.4 is 5.53 Å². The predicted octanol–water partition coefficient (Wildman–Crippen LogP) is 0.777. The van der Waals surface area contributed by atoms with E-state index in [-0.39, 0.29) is 18.6 Å². The van der Waals surface area contributed by atoms with E-state index in [4.69, 9.17) is 9.57 Å². The van der Waals surface area contributed by atoms with E-state index >= 15 is 0 Å². The van der Waals surface area contributed by atoms with E-state index in [9.17, 15) is 24.5 Å². The Balaban J connectivity index is 1.98. The number of carboxylic acids is 1. The van der Waals surface area contributed by atoms with Gasteiger partial charge in [0, 0.05) is 26.2 Å². The van der Waals surface area contributed by atoms with Crippen LogP contribution in [-0.4, -0.2) is 77.0 Å². The first-order chi connectivity index (χ1) is 14.7. The molecule has 0 aliphatic carbocycles. The van der Waals surface area contributed by atoms with Gasteiger partial charge in [-0.3, -0.25) is 9.63 Å². The highest BCUT2D eigenvalue weighted by Gasteiger charge is 2.30. The molecule has 3 unspecified atom stereocenters. The highest BCUT2D eigenvalue weighted by molar-refractivity contribution is 5.99. The molecule has 4 N–H and O–H groups in total. The van der Waals surface area contributed by atoms with Crippen molar-refractivity contribution in [2.24, 2.45) is 5.10 Å². The fourth-order valence-electron chi connectivity index (χ4n) is 2.86. The number of hydrazone groups is 1. The van der Waals surface area contributed by atoms with Gasteiger partial charge in [0.15, 0.2) is 5.84 Å². The molecule has 0 saturated heterocycles. The highest BCUT2D eigenvalue weighted by Crippen LogP contribution is 2.24. The van der Waals surface area contributed by atoms with E-state index in [1.807, 2.05) is 0 Å². The molecule has 1 aromatic rings. The van der Waals surface area contributed by atoms with Crippen LogP contribution in [0.3, 0.4) is 0 Å². The van der Waals surface area contributed by atoms with Crippen molar-refractivity contribution in [2.45, 2.75) is 24.5 Å². The molecule has 0 fully saturated rings. The number of carbonyl (C=O) groups is 1. The minimum atomic E-state index is -1.40. The Labute approximate surface area is 179 Å². The van der Waals surface area contributed by atoms with Gasteiger partial charge in [0.25, 0.3) is 0 Å². The largest absolute Gasteiger partial charge is 0.481 e. The quantitative estimate of drug-likeness (QED) is 0.276. The molecule has 31 heavy (non-hydrogen) atoms. The molecule has 170 valence electrons. The van der Waals surface area contributed by atoms with Crippen molar-refractivity contribution in [1.82, 2.24) is 15.8 Å². The number of aliphatic hydroxyl groups excluding tert-OH is 2. The fourth-order valence-corrected chi connectivity index (χ4v) is 2.86. The Morgan fingerprint density at radius 1 is 1.32 bits per heavy atom. The van der Waals surface area contributed by atoms with Crippen LogP contribution in [0.5, 0.6) is 0 Å². The topological polar surface area (TPSA) is 127 Å². The summed E-state index contributed by atoms with van der Waals surface area (Å²) >= 11 is 0. The van der Waals surface area contributed by atoms with Crippen LogP contribution in [0.4, 0.5) is 4.39 Å². The number of nitrogens with one attached hydrogen (secondary N) is 1. The number of hydrogen-bond donors (Lipinski definition) is 4. The van der Waals surface area contributed by atoms with Gasteiger partial charge in [-0.1, -0.05) is 36.0 Å². The van der Waals surface area contributed by atoms with Crippen molar-refractivity contribution in [3.8, 4) is 0 Å². The average molecular weight is 438 g/mol. The maximum Gasteiger partial charge on any atom is 0.313 e. The number of methoxy groups -OCH3 is 1. The Kier molecular flexibility index (Phi) is 9.09. The zero-order valence-corrected chi connectivity index (χ0v) is 17.3. The number of benzene rings is 1. The second-order valence-corrected chi connectivity index (χ2v) is 6.78. The number of halogens is 1. The van der Waals surface area contributed by atoms with Gasteiger partial charge in [-0.15, -0.1) is 10.3 Å². The van der Waals surface area contributed by atoms with E-state index in [0.29, 0.717) is 18.0 Å². The molecular weight excluding hydrogens is 411 g/mol. The average Bonchev–Trinajstić information content (AvgIpc) is 3.08. The Hall–Kier alpha value is -2.83. The number of hydrogen-bond acceptors (Lipinski definition) is 9. The number of aliphatic carboxylic acids is 1. The summed E-state index contributed by atoms with van der Waals surface area (Å²) in [5.74, 6) is -2.76. The molecule has 0 radical (unpaired) electrons. The van der Waals surface area contributed by atoms with Crippen molar-refractivity contribution in [1.29, 1.82) is 0 Å². The molecule has 2 rings (SSSR count). The number of ether oxygens (including phenoxy) is 1. The van der Waals surface area contributed by atoms with Gasteiger partial charge in [-0.05, 0) is 17.7 Å². The number of nitrogens with zero attached hydrogens (tertiary/aromatic N) is 3. The molecule has 1 heterocycles. The molecule has 1 aromatic carbocycles. The van der Waals surface area contributed by atoms with Gasteiger partial charge in [-0.2, -0.15) is 0 Å². The summed E-state index contributed by atoms with van der Waals surface area (Å²) in [7, 11) is 3.22. The third kappa shape index (κ3) is 6.84. The molecule has 3 atom stereocenters. The van der Waals surface area contributed by atoms with E-state index in [2.05, 4.69) is 17.2 Å². The van der Waals surface area contributed by atoms with Crippen LogP contribution in [0.15, 0.2) is 53.7 Å². The molecule has 1 aliphatic rings. The fraction of sp³-hybridized carbons (Fsp3) is 0.400. The molecule has 10 nitrogen and oxygen atoms in total. The van der Waals surface area contributed by atoms with Gasteiger partial charge in [0.1, 0.15) is 18.3 Å². The monoisotopic (exact) mass is 438 g/mol. The lowest BCUT2D eigenvalue weighted by Crippen LogP contribution is -2.43. The van der Waals surface area contributed by atoms with Crippen LogP contribution in [0.25, 0.3) is 0 Å². The van der Waals surface area contributed by atoms with E-state index in [1.54, 1.807) is 14.2 Å². The zero-order chi connectivity index (χ0) is 23.0. The summed E-state index contributed by atoms with van der Waals surface area (Å²) < 4.78 is 18.0. The summed E-state index contributed by atoms with van der Waals surface area (Å²) in [5.41, 5.74) is 3.32. The van der Waals surface area contributed by atoms with E-state index in [0.717, 1.165) is 12.1 Å². The van der Waals surface area contributed by atoms with Crippen LogP contribution >= 0.6 is 0 Å². The van der Waals surface area contributed by atoms with E-state index < -0.39 is 29.9 Å². The molecule has 0 bridgehead atoms. The normalized spacial score (nSPS) is 17.3. The van der Waals surface area contributed by atoms with Crippen molar-refractivity contribution in [2.75, 3.05) is 27.4 Å². The standard InChI is InChI=1S/C20H27FN4O6/c1-13(19-22-23-24(2)25(19)31-11-10-30-3)4-9-16(26)12-17(27)18(20(28)29)14-5-7-15(21)8-6-14/h4-9,16-18,23,26-27H,1,10-12H2,2-3H3,(H,28,29). The first-order valence-electron chi connectivity index (χ1n) is 9.45. The summed E-state index contributed by atoms with van der Waals surface area (Å²) in [5, 5.41) is 37.0. The van der Waals surface area contributed by atoms with Crippen LogP contribution in [-0.2, 0) is 14.4 Å². The summed E-state index contributed by atoms with van der Waals surface area (Å²) in [6.07, 6.45) is 0.0308. The third-order valence-corrected chi connectivity index (χ3v) is 4.43. The maximum absolute atomic E-state index is 13.1. The molecule has 0 spiro atoms. The Morgan fingerprint density at radius 2 is 2.00 bits per heavy atom. The van der Waals surface area contributed by atoms with Crippen LogP contribution in [0, 0.1) is 5.82 Å². The lowest BCUT2D eigenvalue weighted by Gasteiger charge is -2.24. The lowest BCUT2D eigenvalue weighted by molar-refractivity contribution is -0.231. The van der Waals surface area contributed by atoms with E-state index in [1.165, 1.54) is 34.6 Å². The molecule has 0 saturated carbocycles.